The van der Waals surface area contributed by atoms with Crippen molar-refractivity contribution in [2.24, 2.45) is 5.73 Å². The van der Waals surface area contributed by atoms with Gasteiger partial charge in [0, 0.05) is 11.8 Å². The molecule has 0 aromatic heterocycles. The second kappa shape index (κ2) is 3.52. The lowest BCUT2D eigenvalue weighted by Gasteiger charge is -2.01. The first kappa shape index (κ1) is 10.2. The van der Waals surface area contributed by atoms with Gasteiger partial charge in [0.15, 0.2) is 0 Å². The SMILES string of the molecule is NC(=CC(=O)O)CP(=O)(O)O. The van der Waals surface area contributed by atoms with E-state index in [0.717, 1.165) is 0 Å². The van der Waals surface area contributed by atoms with Crippen LogP contribution >= 0.6 is 7.60 Å². The van der Waals surface area contributed by atoms with Gasteiger partial charge >= 0.3 is 13.6 Å². The van der Waals surface area contributed by atoms with Crippen LogP contribution in [-0.2, 0) is 9.36 Å². The van der Waals surface area contributed by atoms with Crippen LogP contribution < -0.4 is 5.73 Å². The Labute approximate surface area is 62.5 Å². The molecule has 0 amide bonds. The number of carboxylic acids is 1. The summed E-state index contributed by atoms with van der Waals surface area (Å²) in [5, 5.41) is 8.07. The third-order valence-electron chi connectivity index (χ3n) is 0.697. The van der Waals surface area contributed by atoms with Gasteiger partial charge in [-0.1, -0.05) is 0 Å². The zero-order valence-corrected chi connectivity index (χ0v) is 6.36. The third kappa shape index (κ3) is 7.05. The molecule has 0 bridgehead atoms. The Hall–Kier alpha value is -0.840. The van der Waals surface area contributed by atoms with E-state index in [9.17, 15) is 9.36 Å². The zero-order chi connectivity index (χ0) is 9.07. The molecule has 0 heterocycles. The Bertz CT molecular complexity index is 229. The van der Waals surface area contributed by atoms with Crippen LogP contribution in [-0.4, -0.2) is 27.0 Å². The van der Waals surface area contributed by atoms with Gasteiger partial charge in [0.25, 0.3) is 0 Å². The summed E-state index contributed by atoms with van der Waals surface area (Å²) in [5.41, 5.74) is 4.61. The molecule has 0 aliphatic heterocycles. The molecule has 0 aromatic rings. The molecule has 0 aliphatic rings. The first-order valence-corrected chi connectivity index (χ1v) is 4.34. The molecule has 0 radical (unpaired) electrons. The van der Waals surface area contributed by atoms with Crippen molar-refractivity contribution in [3.8, 4) is 0 Å². The first-order chi connectivity index (χ1) is 4.81. The molecule has 64 valence electrons. The van der Waals surface area contributed by atoms with E-state index in [-0.39, 0.29) is 5.70 Å². The van der Waals surface area contributed by atoms with Gasteiger partial charge in [0.2, 0.25) is 0 Å². The van der Waals surface area contributed by atoms with Crippen LogP contribution in [0.5, 0.6) is 0 Å². The van der Waals surface area contributed by atoms with E-state index < -0.39 is 19.7 Å². The maximum Gasteiger partial charge on any atom is 0.331 e. The van der Waals surface area contributed by atoms with Gasteiger partial charge < -0.3 is 20.6 Å². The Morgan fingerprint density at radius 2 is 2.00 bits per heavy atom. The molecule has 5 N–H and O–H groups in total. The van der Waals surface area contributed by atoms with Gasteiger partial charge in [0.05, 0.1) is 6.16 Å². The van der Waals surface area contributed by atoms with Crippen LogP contribution in [0.4, 0.5) is 0 Å². The molecule has 0 aromatic carbocycles. The number of aliphatic carboxylic acids is 1. The fourth-order valence-electron chi connectivity index (χ4n) is 0.442. The molecule has 0 unspecified atom stereocenters. The number of allylic oxidation sites excluding steroid dienone is 1. The molecule has 0 aliphatic carbocycles. The summed E-state index contributed by atoms with van der Waals surface area (Å²) in [7, 11) is -4.23. The number of rotatable bonds is 3. The normalized spacial score (nSPS) is 13.1. The van der Waals surface area contributed by atoms with Crippen LogP contribution in [0, 0.1) is 0 Å². The van der Waals surface area contributed by atoms with Crippen molar-refractivity contribution >= 4 is 13.6 Å². The highest BCUT2D eigenvalue weighted by molar-refractivity contribution is 7.52. The molecule has 0 spiro atoms. The van der Waals surface area contributed by atoms with Crippen molar-refractivity contribution in [3.05, 3.63) is 11.8 Å². The van der Waals surface area contributed by atoms with Crippen molar-refractivity contribution in [1.29, 1.82) is 0 Å². The molecule has 0 saturated heterocycles. The average molecular weight is 181 g/mol. The predicted octanol–water partition coefficient (Wildman–Crippen LogP) is -0.909. The lowest BCUT2D eigenvalue weighted by molar-refractivity contribution is -0.131. The molecule has 0 atom stereocenters. The van der Waals surface area contributed by atoms with Crippen LogP contribution in [0.1, 0.15) is 0 Å². The molecular formula is C4H8NO5P. The minimum atomic E-state index is -4.23. The third-order valence-corrected chi connectivity index (χ3v) is 1.47. The van der Waals surface area contributed by atoms with Gasteiger partial charge in [-0.3, -0.25) is 4.57 Å². The number of carbonyl (C=O) groups is 1. The smallest absolute Gasteiger partial charge is 0.331 e. The van der Waals surface area contributed by atoms with Crippen molar-refractivity contribution in [2.75, 3.05) is 6.16 Å². The summed E-state index contributed by atoms with van der Waals surface area (Å²) in [4.78, 5) is 26.5. The zero-order valence-electron chi connectivity index (χ0n) is 5.47. The number of hydrogen-bond donors (Lipinski definition) is 4. The highest BCUT2D eigenvalue weighted by Gasteiger charge is 2.14. The van der Waals surface area contributed by atoms with Gasteiger partial charge in [-0.05, 0) is 0 Å². The van der Waals surface area contributed by atoms with Crippen LogP contribution in [0.25, 0.3) is 0 Å². The Morgan fingerprint density at radius 3 is 2.27 bits per heavy atom. The van der Waals surface area contributed by atoms with Gasteiger partial charge in [0.1, 0.15) is 0 Å². The quantitative estimate of drug-likeness (QED) is 0.330. The average Bonchev–Trinajstić information content (AvgIpc) is 1.53. The topological polar surface area (TPSA) is 121 Å². The molecule has 0 fully saturated rings. The second-order valence-corrected chi connectivity index (χ2v) is 3.53. The Kier molecular flexibility index (Phi) is 3.25. The Morgan fingerprint density at radius 1 is 1.55 bits per heavy atom. The highest BCUT2D eigenvalue weighted by atomic mass is 31.2. The van der Waals surface area contributed by atoms with E-state index in [4.69, 9.17) is 20.6 Å². The van der Waals surface area contributed by atoms with E-state index in [1.165, 1.54) is 0 Å². The maximum absolute atomic E-state index is 10.2. The molecule has 0 saturated carbocycles. The Balaban J connectivity index is 4.19. The maximum atomic E-state index is 10.2. The summed E-state index contributed by atoms with van der Waals surface area (Å²) < 4.78 is 10.2. The van der Waals surface area contributed by atoms with Gasteiger partial charge in [-0.25, -0.2) is 4.79 Å². The standard InChI is InChI=1S/C4H8NO5P/c5-3(1-4(6)7)2-11(8,9)10/h1H,2,5H2,(H,6,7)(H2,8,9,10). The number of nitrogens with two attached hydrogens (primary N) is 1. The van der Waals surface area contributed by atoms with Gasteiger partial charge in [-0.2, -0.15) is 0 Å². The first-order valence-electron chi connectivity index (χ1n) is 2.55. The molecular weight excluding hydrogens is 173 g/mol. The molecule has 7 heteroatoms. The minimum absolute atomic E-state index is 0.342. The van der Waals surface area contributed by atoms with E-state index in [2.05, 4.69) is 0 Å². The molecule has 11 heavy (non-hydrogen) atoms. The lowest BCUT2D eigenvalue weighted by atomic mass is 10.4. The van der Waals surface area contributed by atoms with Crippen LogP contribution in [0.2, 0.25) is 0 Å². The summed E-state index contributed by atoms with van der Waals surface area (Å²) in [6.45, 7) is 0. The summed E-state index contributed by atoms with van der Waals surface area (Å²) in [6, 6.07) is 0. The van der Waals surface area contributed by atoms with E-state index in [1.54, 1.807) is 0 Å². The molecule has 6 nitrogen and oxygen atoms in total. The van der Waals surface area contributed by atoms with Crippen molar-refractivity contribution < 1.29 is 24.3 Å². The molecule has 0 rings (SSSR count). The highest BCUT2D eigenvalue weighted by Crippen LogP contribution is 2.35. The van der Waals surface area contributed by atoms with Crippen molar-refractivity contribution in [2.45, 2.75) is 0 Å². The predicted molar refractivity (Wildman–Crippen MR) is 36.8 cm³/mol. The number of hydrogen-bond acceptors (Lipinski definition) is 3. The van der Waals surface area contributed by atoms with Gasteiger partial charge in [-0.15, -0.1) is 0 Å². The van der Waals surface area contributed by atoms with E-state index in [0.29, 0.717) is 6.08 Å². The van der Waals surface area contributed by atoms with Crippen molar-refractivity contribution in [3.63, 3.8) is 0 Å². The van der Waals surface area contributed by atoms with Crippen LogP contribution in [0.15, 0.2) is 11.8 Å². The summed E-state index contributed by atoms with van der Waals surface area (Å²) >= 11 is 0. The fraction of sp³-hybridized carbons (Fsp3) is 0.250. The van der Waals surface area contributed by atoms with E-state index in [1.807, 2.05) is 0 Å². The minimum Gasteiger partial charge on any atom is -0.478 e. The number of carboxylic acid groups (broad SMARTS) is 1. The van der Waals surface area contributed by atoms with E-state index >= 15 is 0 Å². The monoisotopic (exact) mass is 181 g/mol. The summed E-state index contributed by atoms with van der Waals surface area (Å²) in [5.74, 6) is -1.32. The largest absolute Gasteiger partial charge is 0.478 e. The lowest BCUT2D eigenvalue weighted by Crippen LogP contribution is -2.06. The van der Waals surface area contributed by atoms with Crippen LogP contribution in [0.3, 0.4) is 0 Å². The second-order valence-electron chi connectivity index (χ2n) is 1.88. The van der Waals surface area contributed by atoms with Crippen molar-refractivity contribution in [1.82, 2.24) is 0 Å². The fourth-order valence-corrected chi connectivity index (χ4v) is 1.01. The summed E-state index contributed by atoms with van der Waals surface area (Å²) in [6.07, 6.45) is -0.168.